The van der Waals surface area contributed by atoms with Crippen molar-refractivity contribution in [3.05, 3.63) is 91.0 Å². The van der Waals surface area contributed by atoms with Gasteiger partial charge in [0.05, 0.1) is 0 Å². The van der Waals surface area contributed by atoms with Crippen LogP contribution in [0.25, 0.3) is 89.7 Å². The molecule has 0 unspecified atom stereocenters. The molecule has 41 heavy (non-hydrogen) atoms. The Bertz CT molecular complexity index is 2400. The molecule has 2 aliphatic rings. The van der Waals surface area contributed by atoms with E-state index in [4.69, 9.17) is 29.9 Å². The summed E-state index contributed by atoms with van der Waals surface area (Å²) in [5.41, 5.74) is 6.47. The van der Waals surface area contributed by atoms with E-state index in [1.165, 1.54) is 0 Å². The standard InChI is InChI=1S/C32H17N8.Ir/c1-2-10-18-17(9-1)25-33-26(18)38-28-21-13-5-6-14-22(21)30(35-28)40-32-24-16-8-7-15-23(24)31(36-32)39-29-20-12-4-3-11-19(20)27(34-29)37-25;/h1-7,9-16H,(H2,33,34,35,36,37,38,39,40);. The maximum atomic E-state index is 5.06. The third-order valence-corrected chi connectivity index (χ3v) is 8.25. The summed E-state index contributed by atoms with van der Waals surface area (Å²) >= 11 is 2.07. The summed E-state index contributed by atoms with van der Waals surface area (Å²) in [6.45, 7) is 0. The molecule has 9 rings (SSSR count). The molecule has 0 saturated heterocycles. The van der Waals surface area contributed by atoms with Crippen molar-refractivity contribution in [2.24, 2.45) is 0 Å². The van der Waals surface area contributed by atoms with E-state index in [0.717, 1.165) is 47.9 Å². The molecule has 0 radical (unpaired) electrons. The zero-order valence-corrected chi connectivity index (χ0v) is 23.6. The first-order valence-corrected chi connectivity index (χ1v) is 14.3. The van der Waals surface area contributed by atoms with E-state index in [0.29, 0.717) is 45.9 Å². The summed E-state index contributed by atoms with van der Waals surface area (Å²) < 4.78 is 1.13. The zero-order valence-electron chi connectivity index (χ0n) is 21.2. The first-order valence-electron chi connectivity index (χ1n) is 13.1. The van der Waals surface area contributed by atoms with Crippen molar-refractivity contribution in [3.63, 3.8) is 0 Å². The molecule has 8 bridgehead atoms. The predicted octanol–water partition coefficient (Wildman–Crippen LogP) is 6.04. The average Bonchev–Trinajstić information content (AvgIpc) is 3.72. The van der Waals surface area contributed by atoms with E-state index < -0.39 is 0 Å². The fraction of sp³-hybridized carbons (Fsp3) is 0. The normalized spacial score (nSPS) is 12.0. The number of hydrogen-bond acceptors (Lipinski definition) is 6. The molecular weight excluding hydrogens is 689 g/mol. The van der Waals surface area contributed by atoms with Crippen molar-refractivity contribution >= 4 is 48.2 Å². The number of benzene rings is 4. The number of nitrogens with one attached hydrogen (secondary N) is 2. The maximum absolute atomic E-state index is 5.06. The van der Waals surface area contributed by atoms with Gasteiger partial charge in [0.25, 0.3) is 0 Å². The molecular formula is C32H17IrN8. The monoisotopic (exact) mass is 706 g/mol. The van der Waals surface area contributed by atoms with Crippen LogP contribution >= 0.6 is 0 Å². The van der Waals surface area contributed by atoms with Crippen LogP contribution in [0.4, 0.5) is 0 Å². The Labute approximate surface area is 242 Å². The van der Waals surface area contributed by atoms with E-state index >= 15 is 0 Å². The summed E-state index contributed by atoms with van der Waals surface area (Å²) in [6, 6.07) is 30.5. The van der Waals surface area contributed by atoms with Crippen molar-refractivity contribution in [2.75, 3.05) is 0 Å². The molecule has 2 aliphatic heterocycles. The number of hydrogen-bond donors (Lipinski definition) is 2. The van der Waals surface area contributed by atoms with Crippen LogP contribution in [-0.4, -0.2) is 39.9 Å². The minimum absolute atomic E-state index is 0.598. The third-order valence-electron chi connectivity index (χ3n) is 7.50. The second-order valence-corrected chi connectivity index (χ2v) is 11.3. The molecule has 4 aromatic carbocycles. The molecule has 2 N–H and O–H groups in total. The SMILES string of the molecule is [Ir][c]1ccc2c3nc4nc(nc5[nH]c(nc6nc(nc([nH]3)c2c1)-c1ccccc1-6)c1ccccc51)-c1ccccc1-4. The van der Waals surface area contributed by atoms with Crippen molar-refractivity contribution in [2.45, 2.75) is 0 Å². The summed E-state index contributed by atoms with van der Waals surface area (Å²) in [4.78, 5) is 36.9. The van der Waals surface area contributed by atoms with Gasteiger partial charge < -0.3 is 0 Å². The summed E-state index contributed by atoms with van der Waals surface area (Å²) in [6.07, 6.45) is 0. The van der Waals surface area contributed by atoms with Gasteiger partial charge >= 0.3 is 225 Å². The van der Waals surface area contributed by atoms with E-state index in [-0.39, 0.29) is 0 Å². The third kappa shape index (κ3) is 3.43. The molecule has 0 saturated carbocycles. The minimum atomic E-state index is 0.598. The van der Waals surface area contributed by atoms with Gasteiger partial charge in [-0.1, -0.05) is 18.2 Å². The van der Waals surface area contributed by atoms with Gasteiger partial charge in [0, 0.05) is 0 Å². The number of H-pyrrole nitrogens is 2. The van der Waals surface area contributed by atoms with Gasteiger partial charge in [0.2, 0.25) is 0 Å². The summed E-state index contributed by atoms with van der Waals surface area (Å²) in [5, 5.41) is 3.84. The Morgan fingerprint density at radius 2 is 0.756 bits per heavy atom. The number of rotatable bonds is 0. The van der Waals surface area contributed by atoms with Gasteiger partial charge in [-0.25, -0.2) is 0 Å². The molecule has 3 aromatic heterocycles. The van der Waals surface area contributed by atoms with Gasteiger partial charge in [-0.15, -0.1) is 0 Å². The molecule has 0 spiro atoms. The molecule has 8 nitrogen and oxygen atoms in total. The zero-order chi connectivity index (χ0) is 27.1. The van der Waals surface area contributed by atoms with Crippen molar-refractivity contribution in [1.82, 2.24) is 39.9 Å². The molecule has 0 aliphatic carbocycles. The van der Waals surface area contributed by atoms with Crippen LogP contribution in [0.15, 0.2) is 91.0 Å². The van der Waals surface area contributed by atoms with E-state index in [1.54, 1.807) is 0 Å². The van der Waals surface area contributed by atoms with Gasteiger partial charge in [-0.3, -0.25) is 0 Å². The first kappa shape index (κ1) is 22.7. The second kappa shape index (κ2) is 8.44. The Hall–Kier alpha value is -5.11. The Morgan fingerprint density at radius 1 is 0.390 bits per heavy atom. The van der Waals surface area contributed by atoms with Gasteiger partial charge in [0.1, 0.15) is 0 Å². The summed E-state index contributed by atoms with van der Waals surface area (Å²) in [5.74, 6) is 2.39. The van der Waals surface area contributed by atoms with Crippen LogP contribution in [0.3, 0.4) is 0 Å². The quantitative estimate of drug-likeness (QED) is 0.199. The van der Waals surface area contributed by atoms with Crippen molar-refractivity contribution in [1.29, 1.82) is 0 Å². The van der Waals surface area contributed by atoms with Crippen LogP contribution in [0.1, 0.15) is 0 Å². The number of aromatic nitrogens is 8. The van der Waals surface area contributed by atoms with Crippen LogP contribution in [0.2, 0.25) is 0 Å². The Kier molecular flexibility index (Phi) is 4.67. The van der Waals surface area contributed by atoms with Crippen LogP contribution in [0, 0.1) is 0 Å². The fourth-order valence-corrected chi connectivity index (χ4v) is 6.15. The average molecular weight is 706 g/mol. The van der Waals surface area contributed by atoms with Crippen LogP contribution in [-0.2, 0) is 18.9 Å². The molecule has 194 valence electrons. The van der Waals surface area contributed by atoms with Gasteiger partial charge in [0.15, 0.2) is 0 Å². The van der Waals surface area contributed by atoms with E-state index in [9.17, 15) is 0 Å². The number of fused-ring (bicyclic) bond motifs is 20. The van der Waals surface area contributed by atoms with E-state index in [1.807, 2.05) is 72.8 Å². The first-order chi connectivity index (χ1) is 20.2. The van der Waals surface area contributed by atoms with Gasteiger partial charge in [-0.2, -0.15) is 0 Å². The van der Waals surface area contributed by atoms with Crippen molar-refractivity contribution in [3.8, 4) is 45.6 Å². The van der Waals surface area contributed by atoms with Crippen LogP contribution < -0.4 is 4.08 Å². The number of aromatic amines is 2. The molecule has 5 heterocycles. The molecule has 9 heteroatoms. The fourth-order valence-electron chi connectivity index (χ4n) is 5.60. The molecule has 0 amide bonds. The number of nitrogens with zero attached hydrogens (tertiary/aromatic N) is 6. The molecule has 0 atom stereocenters. The Morgan fingerprint density at radius 3 is 1.20 bits per heavy atom. The van der Waals surface area contributed by atoms with Gasteiger partial charge in [-0.05, 0) is 0 Å². The van der Waals surface area contributed by atoms with Crippen LogP contribution in [0.5, 0.6) is 0 Å². The molecule has 0 fully saturated rings. The van der Waals surface area contributed by atoms with E-state index in [2.05, 4.69) is 47.1 Å². The van der Waals surface area contributed by atoms with Crippen molar-refractivity contribution < 1.29 is 18.9 Å². The topological polar surface area (TPSA) is 109 Å². The second-order valence-electron chi connectivity index (χ2n) is 9.91. The Balaban J connectivity index is 1.51. The molecule has 7 aromatic rings. The predicted molar refractivity (Wildman–Crippen MR) is 156 cm³/mol. The summed E-state index contributed by atoms with van der Waals surface area (Å²) in [7, 11) is 0.